The predicted octanol–water partition coefficient (Wildman–Crippen LogP) is 0.914. The number of sulfonamides is 1. The van der Waals surface area contributed by atoms with Crippen LogP contribution in [0.4, 0.5) is 0 Å². The first-order valence-electron chi connectivity index (χ1n) is 4.87. The first-order chi connectivity index (χ1) is 7.92. The molecule has 0 heterocycles. The number of aliphatic carboxylic acids is 1. The van der Waals surface area contributed by atoms with Gasteiger partial charge in [0.1, 0.15) is 0 Å². The molecule has 0 amide bonds. The second-order valence-electron chi connectivity index (χ2n) is 3.41. The monoisotopic (exact) mass is 255 g/mol. The zero-order valence-corrected chi connectivity index (χ0v) is 10.1. The lowest BCUT2D eigenvalue weighted by Gasteiger charge is -2.04. The van der Waals surface area contributed by atoms with Crippen LogP contribution in [0.2, 0.25) is 0 Å². The number of hydrogen-bond donors (Lipinski definition) is 2. The molecule has 5 nitrogen and oxygen atoms in total. The highest BCUT2D eigenvalue weighted by molar-refractivity contribution is 7.89. The molecule has 6 heteroatoms. The van der Waals surface area contributed by atoms with Crippen LogP contribution in [0.5, 0.6) is 0 Å². The van der Waals surface area contributed by atoms with Gasteiger partial charge in [0.15, 0.2) is 0 Å². The maximum atomic E-state index is 11.7. The molecule has 0 spiro atoms. The number of benzene rings is 1. The summed E-state index contributed by atoms with van der Waals surface area (Å²) in [5, 5.41) is 8.33. The molecule has 1 rings (SSSR count). The minimum Gasteiger partial charge on any atom is -0.478 e. The fourth-order valence-corrected chi connectivity index (χ4v) is 2.10. The lowest BCUT2D eigenvalue weighted by atomic mass is 10.2. The van der Waals surface area contributed by atoms with Crippen LogP contribution >= 0.6 is 0 Å². The smallest absolute Gasteiger partial charge is 0.328 e. The SMILES string of the molecule is Cc1ccc(S(=O)(=O)NC/C=C/C(=O)O)cc1. The Balaban J connectivity index is 2.69. The summed E-state index contributed by atoms with van der Waals surface area (Å²) in [4.78, 5) is 10.3. The summed E-state index contributed by atoms with van der Waals surface area (Å²) in [5.41, 5.74) is 0.967. The summed E-state index contributed by atoms with van der Waals surface area (Å²) in [5.74, 6) is -1.11. The maximum Gasteiger partial charge on any atom is 0.328 e. The molecule has 92 valence electrons. The van der Waals surface area contributed by atoms with Crippen molar-refractivity contribution >= 4 is 16.0 Å². The van der Waals surface area contributed by atoms with E-state index in [1.807, 2.05) is 6.92 Å². The third-order valence-electron chi connectivity index (χ3n) is 1.98. The van der Waals surface area contributed by atoms with Crippen molar-refractivity contribution in [3.63, 3.8) is 0 Å². The van der Waals surface area contributed by atoms with E-state index in [1.54, 1.807) is 12.1 Å². The van der Waals surface area contributed by atoms with Crippen molar-refractivity contribution < 1.29 is 18.3 Å². The Morgan fingerprint density at radius 2 is 1.94 bits per heavy atom. The number of hydrogen-bond acceptors (Lipinski definition) is 3. The standard InChI is InChI=1S/C11H13NO4S/c1-9-4-6-10(7-5-9)17(15,16)12-8-2-3-11(13)14/h2-7,12H,8H2,1H3,(H,13,14)/b3-2+. The molecule has 0 unspecified atom stereocenters. The second-order valence-corrected chi connectivity index (χ2v) is 5.17. The van der Waals surface area contributed by atoms with Crippen molar-refractivity contribution in [2.24, 2.45) is 0 Å². The lowest BCUT2D eigenvalue weighted by Crippen LogP contribution is -2.23. The maximum absolute atomic E-state index is 11.7. The van der Waals surface area contributed by atoms with Gasteiger partial charge in [-0.3, -0.25) is 0 Å². The van der Waals surface area contributed by atoms with Gasteiger partial charge in [0.2, 0.25) is 10.0 Å². The third kappa shape index (κ3) is 4.38. The highest BCUT2D eigenvalue weighted by atomic mass is 32.2. The highest BCUT2D eigenvalue weighted by Crippen LogP contribution is 2.09. The molecular weight excluding hydrogens is 242 g/mol. The lowest BCUT2D eigenvalue weighted by molar-refractivity contribution is -0.131. The van der Waals surface area contributed by atoms with E-state index in [1.165, 1.54) is 18.2 Å². The third-order valence-corrected chi connectivity index (χ3v) is 3.42. The zero-order valence-electron chi connectivity index (χ0n) is 9.25. The molecule has 2 N–H and O–H groups in total. The van der Waals surface area contributed by atoms with Crippen LogP contribution in [0.25, 0.3) is 0 Å². The van der Waals surface area contributed by atoms with Gasteiger partial charge in [-0.05, 0) is 19.1 Å². The Morgan fingerprint density at radius 1 is 1.35 bits per heavy atom. The summed E-state index contributed by atoms with van der Waals surface area (Å²) >= 11 is 0. The Labute approximate surface area is 99.8 Å². The fourth-order valence-electron chi connectivity index (χ4n) is 1.12. The van der Waals surface area contributed by atoms with Crippen molar-refractivity contribution in [1.82, 2.24) is 4.72 Å². The van der Waals surface area contributed by atoms with E-state index < -0.39 is 16.0 Å². The summed E-state index contributed by atoms with van der Waals surface area (Å²) < 4.78 is 25.7. The molecule has 0 aliphatic carbocycles. The minimum absolute atomic E-state index is 0.0531. The van der Waals surface area contributed by atoms with Crippen LogP contribution in [0.1, 0.15) is 5.56 Å². The number of nitrogens with one attached hydrogen (secondary N) is 1. The molecule has 0 fully saturated rings. The number of carbonyl (C=O) groups is 1. The number of aryl methyl sites for hydroxylation is 1. The average molecular weight is 255 g/mol. The molecule has 0 saturated carbocycles. The molecule has 0 saturated heterocycles. The van der Waals surface area contributed by atoms with Gasteiger partial charge in [-0.15, -0.1) is 0 Å². The number of rotatable bonds is 5. The molecule has 0 atom stereocenters. The van der Waals surface area contributed by atoms with E-state index >= 15 is 0 Å². The quantitative estimate of drug-likeness (QED) is 0.766. The van der Waals surface area contributed by atoms with Crippen molar-refractivity contribution in [2.45, 2.75) is 11.8 Å². The zero-order chi connectivity index (χ0) is 12.9. The fraction of sp³-hybridized carbons (Fsp3) is 0.182. The Bertz CT molecular complexity index is 517. The van der Waals surface area contributed by atoms with Gasteiger partial charge in [-0.25, -0.2) is 17.9 Å². The van der Waals surface area contributed by atoms with Gasteiger partial charge in [-0.1, -0.05) is 23.8 Å². The average Bonchev–Trinajstić information content (AvgIpc) is 2.25. The number of carboxylic acid groups (broad SMARTS) is 1. The molecule has 1 aromatic carbocycles. The van der Waals surface area contributed by atoms with Crippen molar-refractivity contribution in [1.29, 1.82) is 0 Å². The van der Waals surface area contributed by atoms with E-state index in [0.29, 0.717) is 0 Å². The van der Waals surface area contributed by atoms with Gasteiger partial charge in [0.25, 0.3) is 0 Å². The molecular formula is C11H13NO4S. The minimum atomic E-state index is -3.57. The van der Waals surface area contributed by atoms with Crippen LogP contribution in [-0.2, 0) is 14.8 Å². The van der Waals surface area contributed by atoms with Crippen LogP contribution in [0, 0.1) is 6.92 Å². The normalized spacial score (nSPS) is 11.8. The van der Waals surface area contributed by atoms with E-state index in [0.717, 1.165) is 11.6 Å². The van der Waals surface area contributed by atoms with E-state index in [4.69, 9.17) is 5.11 Å². The predicted molar refractivity (Wildman–Crippen MR) is 63.1 cm³/mol. The highest BCUT2D eigenvalue weighted by Gasteiger charge is 2.11. The van der Waals surface area contributed by atoms with Gasteiger partial charge in [-0.2, -0.15) is 0 Å². The van der Waals surface area contributed by atoms with Crippen LogP contribution in [-0.4, -0.2) is 26.0 Å². The van der Waals surface area contributed by atoms with Gasteiger partial charge in [0, 0.05) is 12.6 Å². The molecule has 17 heavy (non-hydrogen) atoms. The molecule has 0 aromatic heterocycles. The van der Waals surface area contributed by atoms with Gasteiger partial charge < -0.3 is 5.11 Å². The molecule has 0 radical (unpaired) electrons. The summed E-state index contributed by atoms with van der Waals surface area (Å²) in [7, 11) is -3.57. The second kappa shape index (κ2) is 5.60. The van der Waals surface area contributed by atoms with Crippen LogP contribution in [0.3, 0.4) is 0 Å². The van der Waals surface area contributed by atoms with Crippen LogP contribution < -0.4 is 4.72 Å². The van der Waals surface area contributed by atoms with E-state index in [-0.39, 0.29) is 11.4 Å². The van der Waals surface area contributed by atoms with E-state index in [9.17, 15) is 13.2 Å². The summed E-state index contributed by atoms with van der Waals surface area (Å²) in [6.45, 7) is 1.81. The number of carboxylic acids is 1. The molecule has 0 aliphatic heterocycles. The van der Waals surface area contributed by atoms with Gasteiger partial charge >= 0.3 is 5.97 Å². The van der Waals surface area contributed by atoms with Crippen LogP contribution in [0.15, 0.2) is 41.3 Å². The largest absolute Gasteiger partial charge is 0.478 e. The van der Waals surface area contributed by atoms with E-state index in [2.05, 4.69) is 4.72 Å². The first-order valence-corrected chi connectivity index (χ1v) is 6.36. The molecule has 0 bridgehead atoms. The summed E-state index contributed by atoms with van der Waals surface area (Å²) in [6.07, 6.45) is 2.12. The summed E-state index contributed by atoms with van der Waals surface area (Å²) in [6, 6.07) is 6.39. The molecule has 0 aliphatic rings. The van der Waals surface area contributed by atoms with Crippen molar-refractivity contribution in [3.05, 3.63) is 42.0 Å². The Hall–Kier alpha value is -1.66. The first kappa shape index (κ1) is 13.4. The van der Waals surface area contributed by atoms with Crippen molar-refractivity contribution in [2.75, 3.05) is 6.54 Å². The van der Waals surface area contributed by atoms with Gasteiger partial charge in [0.05, 0.1) is 4.90 Å². The Kier molecular flexibility index (Phi) is 4.42. The molecule has 1 aromatic rings. The topological polar surface area (TPSA) is 83.5 Å². The van der Waals surface area contributed by atoms with Crippen molar-refractivity contribution in [3.8, 4) is 0 Å². The Morgan fingerprint density at radius 3 is 2.47 bits per heavy atom.